The van der Waals surface area contributed by atoms with Gasteiger partial charge in [-0.1, -0.05) is 0 Å². The van der Waals surface area contributed by atoms with E-state index >= 15 is 0 Å². The van der Waals surface area contributed by atoms with E-state index in [2.05, 4.69) is 0 Å². The molecule has 0 aliphatic carbocycles. The van der Waals surface area contributed by atoms with Gasteiger partial charge >= 0.3 is 0 Å². The fourth-order valence-electron chi connectivity index (χ4n) is 2.37. The van der Waals surface area contributed by atoms with Crippen LogP contribution in [-0.2, 0) is 23.7 Å². The first-order valence-corrected chi connectivity index (χ1v) is 7.76. The van der Waals surface area contributed by atoms with Crippen LogP contribution in [0.4, 0.5) is 0 Å². The summed E-state index contributed by atoms with van der Waals surface area (Å²) < 4.78 is 25.7. The van der Waals surface area contributed by atoms with E-state index in [1.807, 2.05) is 0 Å². The number of rotatable bonds is 10. The maximum Gasteiger partial charge on any atom is 0.209 e. The lowest BCUT2D eigenvalue weighted by molar-refractivity contribution is -0.352. The summed E-state index contributed by atoms with van der Waals surface area (Å²) in [6, 6.07) is 0. The molecule has 1 saturated heterocycles. The van der Waals surface area contributed by atoms with Crippen molar-refractivity contribution in [2.45, 2.75) is 62.4 Å². The van der Waals surface area contributed by atoms with Crippen LogP contribution in [0.5, 0.6) is 0 Å². The summed E-state index contributed by atoms with van der Waals surface area (Å²) in [6.07, 6.45) is -12.1. The molecule has 0 aromatic rings. The third kappa shape index (κ3) is 5.77. The number of methoxy groups -OCH3 is 2. The van der Waals surface area contributed by atoms with E-state index in [1.54, 1.807) is 6.92 Å². The number of aliphatic hydroxyl groups excluding tert-OH is 5. The molecule has 0 aromatic heterocycles. The van der Waals surface area contributed by atoms with Gasteiger partial charge in [0.1, 0.15) is 30.5 Å². The Morgan fingerprint density at radius 2 is 1.72 bits per heavy atom. The highest BCUT2D eigenvalue weighted by Gasteiger charge is 2.47. The van der Waals surface area contributed by atoms with Crippen LogP contribution in [0.1, 0.15) is 6.92 Å². The molecule has 6 N–H and O–H groups in total. The van der Waals surface area contributed by atoms with Gasteiger partial charge in [-0.05, 0) is 6.92 Å². The Hall–Kier alpha value is -0.440. The molecule has 0 spiro atoms. The van der Waals surface area contributed by atoms with E-state index in [-0.39, 0.29) is 0 Å². The molecule has 0 bridgehead atoms. The number of ether oxygens (including phenoxy) is 5. The summed E-state index contributed by atoms with van der Waals surface area (Å²) >= 11 is 0. The highest BCUT2D eigenvalue weighted by atomic mass is 16.7. The van der Waals surface area contributed by atoms with Crippen molar-refractivity contribution in [3.05, 3.63) is 0 Å². The fraction of sp³-hybridized carbons (Fsp3) is 1.00. The molecular formula is C14H28O11. The highest BCUT2D eigenvalue weighted by molar-refractivity contribution is 4.90. The Bertz CT molecular complexity index is 367. The first kappa shape index (κ1) is 22.6. The van der Waals surface area contributed by atoms with Gasteiger partial charge in [0.2, 0.25) is 12.6 Å². The zero-order chi connectivity index (χ0) is 19.1. The predicted molar refractivity (Wildman–Crippen MR) is 80.1 cm³/mol. The second kappa shape index (κ2) is 10.6. The standard InChI is InChI=1S/C14H28O11/c1-6(21-2)7(4-15)23-14(12(19)20)25-11-8(5-16)24-13(22-3)10(18)9(11)17/h6-20H,4-5H2,1-3H3/t6-,7?,8-,9?,10?,11?,13+,14?/m0/s1. The van der Waals surface area contributed by atoms with Crippen LogP contribution >= 0.6 is 0 Å². The summed E-state index contributed by atoms with van der Waals surface area (Å²) in [5.74, 6) is 0. The molecule has 11 heteroatoms. The van der Waals surface area contributed by atoms with Crippen molar-refractivity contribution < 1.29 is 54.3 Å². The number of hydrogen-bond donors (Lipinski definition) is 6. The van der Waals surface area contributed by atoms with Crippen LogP contribution in [0.15, 0.2) is 0 Å². The molecule has 0 aromatic carbocycles. The minimum atomic E-state index is -2.14. The van der Waals surface area contributed by atoms with Gasteiger partial charge in [-0.25, -0.2) is 0 Å². The lowest BCUT2D eigenvalue weighted by Gasteiger charge is -2.42. The second-order valence-electron chi connectivity index (χ2n) is 5.62. The third-order valence-corrected chi connectivity index (χ3v) is 3.97. The molecule has 5 unspecified atom stereocenters. The van der Waals surface area contributed by atoms with Crippen molar-refractivity contribution in [3.63, 3.8) is 0 Å². The van der Waals surface area contributed by atoms with Gasteiger partial charge < -0.3 is 54.3 Å². The minimum absolute atomic E-state index is 0.497. The summed E-state index contributed by atoms with van der Waals surface area (Å²) in [4.78, 5) is 0. The molecule has 8 atom stereocenters. The highest BCUT2D eigenvalue weighted by Crippen LogP contribution is 2.26. The monoisotopic (exact) mass is 372 g/mol. The van der Waals surface area contributed by atoms with Gasteiger partial charge in [-0.3, -0.25) is 0 Å². The summed E-state index contributed by atoms with van der Waals surface area (Å²) in [7, 11) is 2.63. The lowest BCUT2D eigenvalue weighted by atomic mass is 9.99. The van der Waals surface area contributed by atoms with Gasteiger partial charge in [0, 0.05) is 14.2 Å². The third-order valence-electron chi connectivity index (χ3n) is 3.97. The van der Waals surface area contributed by atoms with E-state index in [0.29, 0.717) is 0 Å². The van der Waals surface area contributed by atoms with Crippen molar-refractivity contribution in [2.75, 3.05) is 27.4 Å². The van der Waals surface area contributed by atoms with Gasteiger partial charge in [0.15, 0.2) is 6.29 Å². The molecule has 1 rings (SSSR count). The Morgan fingerprint density at radius 1 is 1.08 bits per heavy atom. The van der Waals surface area contributed by atoms with Gasteiger partial charge in [-0.2, -0.15) is 0 Å². The van der Waals surface area contributed by atoms with Gasteiger partial charge in [-0.15, -0.1) is 0 Å². The molecule has 25 heavy (non-hydrogen) atoms. The first-order chi connectivity index (χ1) is 11.8. The minimum Gasteiger partial charge on any atom is -0.394 e. The van der Waals surface area contributed by atoms with E-state index in [4.69, 9.17) is 23.7 Å². The zero-order valence-electron chi connectivity index (χ0n) is 14.3. The van der Waals surface area contributed by atoms with Crippen molar-refractivity contribution in [1.82, 2.24) is 0 Å². The topological polar surface area (TPSA) is 168 Å². The van der Waals surface area contributed by atoms with Crippen LogP contribution in [0.2, 0.25) is 0 Å². The van der Waals surface area contributed by atoms with E-state index in [1.165, 1.54) is 14.2 Å². The van der Waals surface area contributed by atoms with E-state index in [9.17, 15) is 30.6 Å². The molecular weight excluding hydrogens is 344 g/mol. The molecule has 0 saturated carbocycles. The molecule has 1 aliphatic rings. The van der Waals surface area contributed by atoms with E-state index in [0.717, 1.165) is 0 Å². The smallest absolute Gasteiger partial charge is 0.209 e. The molecule has 150 valence electrons. The summed E-state index contributed by atoms with van der Waals surface area (Å²) in [5.41, 5.74) is 0. The Morgan fingerprint density at radius 3 is 2.16 bits per heavy atom. The molecule has 1 heterocycles. The Kier molecular flexibility index (Phi) is 9.62. The zero-order valence-corrected chi connectivity index (χ0v) is 14.3. The van der Waals surface area contributed by atoms with Crippen molar-refractivity contribution in [3.8, 4) is 0 Å². The predicted octanol–water partition coefficient (Wildman–Crippen LogP) is -3.49. The van der Waals surface area contributed by atoms with Gasteiger partial charge in [0.25, 0.3) is 0 Å². The molecule has 1 fully saturated rings. The maximum absolute atomic E-state index is 10.2. The molecule has 0 amide bonds. The van der Waals surface area contributed by atoms with Crippen molar-refractivity contribution in [1.29, 1.82) is 0 Å². The van der Waals surface area contributed by atoms with Crippen molar-refractivity contribution in [2.24, 2.45) is 0 Å². The molecule has 0 radical (unpaired) electrons. The largest absolute Gasteiger partial charge is 0.394 e. The van der Waals surface area contributed by atoms with Crippen LogP contribution in [0, 0.1) is 0 Å². The van der Waals surface area contributed by atoms with Crippen molar-refractivity contribution >= 4 is 0 Å². The average molecular weight is 372 g/mol. The van der Waals surface area contributed by atoms with Crippen LogP contribution < -0.4 is 0 Å². The fourth-order valence-corrected chi connectivity index (χ4v) is 2.37. The summed E-state index contributed by atoms with van der Waals surface area (Å²) in [5, 5.41) is 57.8. The molecule has 1 aliphatic heterocycles. The normalized spacial score (nSPS) is 34.1. The molecule has 11 nitrogen and oxygen atoms in total. The van der Waals surface area contributed by atoms with E-state index < -0.39 is 68.7 Å². The average Bonchev–Trinajstić information content (AvgIpc) is 2.61. The SMILES string of the molecule is CO[C@@H]1O[C@@H](CO)C(OC(OC(CO)[C@H](C)OC)C(O)O)C(O)C1O. The number of aliphatic hydroxyl groups is 6. The Labute approximate surface area is 145 Å². The lowest BCUT2D eigenvalue weighted by Crippen LogP contribution is -2.61. The first-order valence-electron chi connectivity index (χ1n) is 7.76. The van der Waals surface area contributed by atoms with Crippen LogP contribution in [0.25, 0.3) is 0 Å². The quantitative estimate of drug-likeness (QED) is 0.211. The number of hydrogen-bond acceptors (Lipinski definition) is 11. The van der Waals surface area contributed by atoms with Crippen LogP contribution in [0.3, 0.4) is 0 Å². The Balaban J connectivity index is 2.87. The maximum atomic E-state index is 10.2. The summed E-state index contributed by atoms with van der Waals surface area (Å²) in [6.45, 7) is 0.493. The van der Waals surface area contributed by atoms with Crippen LogP contribution in [-0.4, -0.2) is 114 Å². The second-order valence-corrected chi connectivity index (χ2v) is 5.62. The van der Waals surface area contributed by atoms with Gasteiger partial charge in [0.05, 0.1) is 19.3 Å².